The number of carbonyl (C=O) groups is 1. The minimum absolute atomic E-state index is 0.0271. The number of halogens is 1. The molecule has 1 aromatic heterocycles. The molecule has 2 aromatic carbocycles. The molecule has 0 spiro atoms. The molecule has 0 saturated heterocycles. The number of hydrogen-bond donors (Lipinski definition) is 4. The molecule has 9 heteroatoms. The summed E-state index contributed by atoms with van der Waals surface area (Å²) in [4.78, 5) is 12.1. The van der Waals surface area contributed by atoms with E-state index in [0.717, 1.165) is 11.6 Å². The summed E-state index contributed by atoms with van der Waals surface area (Å²) in [6.45, 7) is 0.236. The number of hydrogen-bond acceptors (Lipinski definition) is 6. The fraction of sp³-hybridized carbons (Fsp3) is 0.111. The van der Waals surface area contributed by atoms with Gasteiger partial charge in [-0.15, -0.1) is 0 Å². The largest absolute Gasteiger partial charge is 0.507 e. The van der Waals surface area contributed by atoms with Gasteiger partial charge in [0.2, 0.25) is 0 Å². The van der Waals surface area contributed by atoms with Gasteiger partial charge in [-0.1, -0.05) is 23.7 Å². The Balaban J connectivity index is 1.71. The first-order chi connectivity index (χ1) is 13.0. The van der Waals surface area contributed by atoms with E-state index in [9.17, 15) is 15.0 Å². The quantitative estimate of drug-likeness (QED) is 0.531. The van der Waals surface area contributed by atoms with Gasteiger partial charge in [0.05, 0.1) is 18.3 Å². The van der Waals surface area contributed by atoms with Gasteiger partial charge in [-0.05, 0) is 23.8 Å². The highest BCUT2D eigenvalue weighted by molar-refractivity contribution is 6.32. The number of benzene rings is 2. The summed E-state index contributed by atoms with van der Waals surface area (Å²) in [6.07, 6.45) is 0.658. The van der Waals surface area contributed by atoms with E-state index in [1.165, 1.54) is 12.3 Å². The summed E-state index contributed by atoms with van der Waals surface area (Å²) in [5.41, 5.74) is 1.21. The lowest BCUT2D eigenvalue weighted by atomic mass is 10.1. The van der Waals surface area contributed by atoms with Crippen LogP contribution in [-0.4, -0.2) is 33.6 Å². The third kappa shape index (κ3) is 4.24. The van der Waals surface area contributed by atoms with Crippen LogP contribution in [0.1, 0.15) is 5.56 Å². The highest BCUT2D eigenvalue weighted by atomic mass is 35.5. The van der Waals surface area contributed by atoms with E-state index in [-0.39, 0.29) is 40.1 Å². The number of nitrogens with zero attached hydrogens (tertiary/aromatic N) is 1. The smallest absolute Gasteiger partial charge is 0.413 e. The van der Waals surface area contributed by atoms with Gasteiger partial charge in [-0.25, -0.2) is 4.79 Å². The van der Waals surface area contributed by atoms with Crippen molar-refractivity contribution in [2.75, 3.05) is 7.11 Å². The maximum absolute atomic E-state index is 12.1. The fourth-order valence-corrected chi connectivity index (χ4v) is 2.55. The van der Waals surface area contributed by atoms with Crippen molar-refractivity contribution in [2.45, 2.75) is 6.54 Å². The molecule has 4 N–H and O–H groups in total. The van der Waals surface area contributed by atoms with Gasteiger partial charge in [-0.3, -0.25) is 5.10 Å². The number of phenols is 2. The van der Waals surface area contributed by atoms with Crippen molar-refractivity contribution < 1.29 is 24.5 Å². The second-order valence-electron chi connectivity index (χ2n) is 5.51. The second kappa shape index (κ2) is 7.88. The highest BCUT2D eigenvalue weighted by Crippen LogP contribution is 2.39. The number of nitrogens with one attached hydrogen (secondary N) is 2. The number of ether oxygens (including phenoxy) is 2. The maximum Gasteiger partial charge on any atom is 0.413 e. The van der Waals surface area contributed by atoms with Crippen molar-refractivity contribution in [2.24, 2.45) is 0 Å². The van der Waals surface area contributed by atoms with Crippen LogP contribution in [0.2, 0.25) is 5.02 Å². The Morgan fingerprint density at radius 2 is 2.07 bits per heavy atom. The highest BCUT2D eigenvalue weighted by Gasteiger charge is 2.18. The molecule has 0 aliphatic carbocycles. The maximum atomic E-state index is 12.1. The van der Waals surface area contributed by atoms with E-state index in [2.05, 4.69) is 15.5 Å². The van der Waals surface area contributed by atoms with Gasteiger partial charge in [0.25, 0.3) is 0 Å². The lowest BCUT2D eigenvalue weighted by Crippen LogP contribution is -2.26. The summed E-state index contributed by atoms with van der Waals surface area (Å²) < 4.78 is 10.4. The van der Waals surface area contributed by atoms with Crippen molar-refractivity contribution in [1.82, 2.24) is 15.5 Å². The Labute approximate surface area is 159 Å². The van der Waals surface area contributed by atoms with Gasteiger partial charge < -0.3 is 25.0 Å². The lowest BCUT2D eigenvalue weighted by Gasteiger charge is -2.09. The number of aromatic amines is 1. The van der Waals surface area contributed by atoms with Crippen LogP contribution >= 0.6 is 11.6 Å². The minimum Gasteiger partial charge on any atom is -0.507 e. The van der Waals surface area contributed by atoms with E-state index in [1.54, 1.807) is 19.2 Å². The first-order valence-corrected chi connectivity index (χ1v) is 8.20. The molecule has 0 atom stereocenters. The number of amides is 1. The molecule has 27 heavy (non-hydrogen) atoms. The number of phenolic OH excluding ortho intramolecular Hbond substituents is 2. The van der Waals surface area contributed by atoms with E-state index < -0.39 is 6.09 Å². The molecular weight excluding hydrogens is 374 g/mol. The van der Waals surface area contributed by atoms with Crippen molar-refractivity contribution in [3.8, 4) is 34.3 Å². The van der Waals surface area contributed by atoms with Crippen LogP contribution in [0.15, 0.2) is 42.6 Å². The minimum atomic E-state index is -0.704. The zero-order valence-electron chi connectivity index (χ0n) is 14.2. The normalized spacial score (nSPS) is 10.4. The Hall–Kier alpha value is -3.39. The number of aromatic nitrogens is 2. The third-order valence-corrected chi connectivity index (χ3v) is 4.00. The van der Waals surface area contributed by atoms with Crippen molar-refractivity contribution in [3.63, 3.8) is 0 Å². The van der Waals surface area contributed by atoms with Crippen molar-refractivity contribution in [3.05, 3.63) is 53.2 Å². The lowest BCUT2D eigenvalue weighted by molar-refractivity contribution is 0.200. The average molecular weight is 390 g/mol. The molecular formula is C18H16ClN3O5. The predicted molar refractivity (Wildman–Crippen MR) is 98.2 cm³/mol. The molecule has 3 rings (SSSR count). The number of methoxy groups -OCH3 is 1. The summed E-state index contributed by atoms with van der Waals surface area (Å²) >= 11 is 5.87. The fourth-order valence-electron chi connectivity index (χ4n) is 2.38. The van der Waals surface area contributed by atoms with E-state index >= 15 is 0 Å². The molecule has 0 aliphatic rings. The molecule has 1 heterocycles. The van der Waals surface area contributed by atoms with Gasteiger partial charge in [0.1, 0.15) is 22.9 Å². The topological polar surface area (TPSA) is 117 Å². The Kier molecular flexibility index (Phi) is 5.37. The summed E-state index contributed by atoms with van der Waals surface area (Å²) in [5.74, 6) is 0.243. The summed E-state index contributed by atoms with van der Waals surface area (Å²) in [6, 6.07) is 9.65. The molecule has 0 unspecified atom stereocenters. The Bertz CT molecular complexity index is 973. The second-order valence-corrected chi connectivity index (χ2v) is 5.92. The standard InChI is InChI=1S/C18H16ClN3O5/c1-26-11-4-2-3-10(5-11)8-20-18(25)27-16-9-21-22-17(16)12-6-13(19)15(24)7-14(12)23/h2-7,9,23-24H,8H2,1H3,(H,20,25)(H,21,22). The summed E-state index contributed by atoms with van der Waals surface area (Å²) in [5, 5.41) is 28.7. The van der Waals surface area contributed by atoms with Crippen LogP contribution in [0.4, 0.5) is 4.79 Å². The molecule has 1 amide bonds. The number of carbonyl (C=O) groups excluding carboxylic acids is 1. The van der Waals surface area contributed by atoms with Crippen LogP contribution in [0, 0.1) is 0 Å². The van der Waals surface area contributed by atoms with Gasteiger partial charge in [0, 0.05) is 18.2 Å². The van der Waals surface area contributed by atoms with Crippen LogP contribution in [0.3, 0.4) is 0 Å². The third-order valence-electron chi connectivity index (χ3n) is 3.70. The zero-order chi connectivity index (χ0) is 19.4. The number of H-pyrrole nitrogens is 1. The van der Waals surface area contributed by atoms with Crippen molar-refractivity contribution in [1.29, 1.82) is 0 Å². The monoisotopic (exact) mass is 389 g/mol. The molecule has 0 saturated carbocycles. The number of rotatable bonds is 5. The molecule has 0 radical (unpaired) electrons. The van der Waals surface area contributed by atoms with Gasteiger partial charge in [-0.2, -0.15) is 5.10 Å². The zero-order valence-corrected chi connectivity index (χ0v) is 14.9. The predicted octanol–water partition coefficient (Wildman–Crippen LogP) is 3.44. The first-order valence-electron chi connectivity index (χ1n) is 7.82. The molecule has 0 aliphatic heterocycles. The molecule has 0 bridgehead atoms. The Morgan fingerprint density at radius 1 is 1.26 bits per heavy atom. The van der Waals surface area contributed by atoms with Gasteiger partial charge >= 0.3 is 6.09 Å². The van der Waals surface area contributed by atoms with Crippen LogP contribution < -0.4 is 14.8 Å². The van der Waals surface area contributed by atoms with Crippen molar-refractivity contribution >= 4 is 17.7 Å². The Morgan fingerprint density at radius 3 is 2.85 bits per heavy atom. The van der Waals surface area contributed by atoms with Crippen LogP contribution in [-0.2, 0) is 6.54 Å². The van der Waals surface area contributed by atoms with Gasteiger partial charge in [0.15, 0.2) is 5.75 Å². The molecule has 0 fully saturated rings. The molecule has 140 valence electrons. The van der Waals surface area contributed by atoms with Crippen LogP contribution in [0.5, 0.6) is 23.0 Å². The average Bonchev–Trinajstić information content (AvgIpc) is 3.11. The van der Waals surface area contributed by atoms with E-state index in [1.807, 2.05) is 12.1 Å². The van der Waals surface area contributed by atoms with Crippen LogP contribution in [0.25, 0.3) is 11.3 Å². The summed E-state index contributed by atoms with van der Waals surface area (Å²) in [7, 11) is 1.56. The van der Waals surface area contributed by atoms with E-state index in [4.69, 9.17) is 21.1 Å². The SMILES string of the molecule is COc1cccc(CNC(=O)Oc2c[nH]nc2-c2cc(Cl)c(O)cc2O)c1. The molecule has 3 aromatic rings. The molecule has 8 nitrogen and oxygen atoms in total. The first kappa shape index (κ1) is 18.4. The number of aromatic hydroxyl groups is 2. The van der Waals surface area contributed by atoms with E-state index in [0.29, 0.717) is 5.75 Å².